The largest absolute Gasteiger partial charge is 0.479 e. The zero-order valence-corrected chi connectivity index (χ0v) is 10.8. The molecule has 1 unspecified atom stereocenters. The van der Waals surface area contributed by atoms with Gasteiger partial charge in [-0.1, -0.05) is 39.7 Å². The molecule has 0 heterocycles. The molecule has 0 saturated carbocycles. The third-order valence-electron chi connectivity index (χ3n) is 2.19. The molecule has 1 aromatic carbocycles. The Kier molecular flexibility index (Phi) is 5.25. The molecule has 0 aliphatic rings. The van der Waals surface area contributed by atoms with Crippen LogP contribution in [0.25, 0.3) is 0 Å². The summed E-state index contributed by atoms with van der Waals surface area (Å²) in [5.41, 5.74) is 1.22. The van der Waals surface area contributed by atoms with E-state index in [4.69, 9.17) is 16.7 Å². The first-order valence-corrected chi connectivity index (χ1v) is 6.31. The minimum Gasteiger partial charge on any atom is -0.479 e. The minimum atomic E-state index is -1.56. The monoisotopic (exact) mass is 306 g/mol. The highest BCUT2D eigenvalue weighted by atomic mass is 79.9. The van der Waals surface area contributed by atoms with Crippen LogP contribution in [0, 0.1) is 0 Å². The van der Waals surface area contributed by atoms with Gasteiger partial charge in [0.1, 0.15) is 0 Å². The molecular weight excluding hydrogens is 295 g/mol. The first kappa shape index (κ1) is 13.5. The summed E-state index contributed by atoms with van der Waals surface area (Å²) in [7, 11) is 0. The van der Waals surface area contributed by atoms with Gasteiger partial charge in [0.15, 0.2) is 6.10 Å². The highest BCUT2D eigenvalue weighted by molar-refractivity contribution is 9.09. The number of carboxylic acids is 1. The SMILES string of the molecule is O=C(O)C(O)c1cc(CCCBr)ccc1Cl. The molecule has 88 valence electrons. The predicted molar refractivity (Wildman–Crippen MR) is 66.2 cm³/mol. The predicted octanol–water partition coefficient (Wildman–Crippen LogP) is 2.79. The number of aliphatic carboxylic acids is 1. The first-order chi connectivity index (χ1) is 7.56. The number of halogens is 2. The molecule has 1 atom stereocenters. The molecule has 0 fully saturated rings. The van der Waals surface area contributed by atoms with E-state index in [1.165, 1.54) is 0 Å². The zero-order chi connectivity index (χ0) is 12.1. The number of alkyl halides is 1. The summed E-state index contributed by atoms with van der Waals surface area (Å²) in [6.07, 6.45) is 0.211. The average molecular weight is 308 g/mol. The summed E-state index contributed by atoms with van der Waals surface area (Å²) in [5.74, 6) is -1.29. The number of hydrogen-bond acceptors (Lipinski definition) is 2. The van der Waals surface area contributed by atoms with Crippen LogP contribution in [0.1, 0.15) is 23.7 Å². The summed E-state index contributed by atoms with van der Waals surface area (Å²) in [6, 6.07) is 5.10. The van der Waals surface area contributed by atoms with Crippen LogP contribution in [0.15, 0.2) is 18.2 Å². The van der Waals surface area contributed by atoms with Crippen LogP contribution in [-0.2, 0) is 11.2 Å². The molecule has 0 aliphatic heterocycles. The lowest BCUT2D eigenvalue weighted by molar-refractivity contribution is -0.146. The first-order valence-electron chi connectivity index (χ1n) is 4.81. The zero-order valence-electron chi connectivity index (χ0n) is 8.49. The lowest BCUT2D eigenvalue weighted by atomic mass is 10.0. The van der Waals surface area contributed by atoms with E-state index in [2.05, 4.69) is 15.9 Å². The van der Waals surface area contributed by atoms with E-state index in [0.29, 0.717) is 0 Å². The summed E-state index contributed by atoms with van der Waals surface area (Å²) >= 11 is 9.16. The van der Waals surface area contributed by atoms with Gasteiger partial charge >= 0.3 is 5.97 Å². The van der Waals surface area contributed by atoms with Crippen LogP contribution in [0.3, 0.4) is 0 Å². The Labute approximate surface area is 107 Å². The summed E-state index contributed by atoms with van der Waals surface area (Å²) in [4.78, 5) is 10.7. The number of benzene rings is 1. The van der Waals surface area contributed by atoms with Crippen molar-refractivity contribution in [2.24, 2.45) is 0 Å². The summed E-state index contributed by atoms with van der Waals surface area (Å²) in [5, 5.41) is 19.3. The molecule has 3 nitrogen and oxygen atoms in total. The second-order valence-electron chi connectivity index (χ2n) is 3.39. The van der Waals surface area contributed by atoms with Crippen LogP contribution in [-0.4, -0.2) is 21.5 Å². The van der Waals surface area contributed by atoms with Gasteiger partial charge in [-0.05, 0) is 24.5 Å². The maximum atomic E-state index is 10.7. The molecule has 0 aromatic heterocycles. The van der Waals surface area contributed by atoms with Crippen molar-refractivity contribution >= 4 is 33.5 Å². The quantitative estimate of drug-likeness (QED) is 0.822. The second-order valence-corrected chi connectivity index (χ2v) is 4.59. The normalized spacial score (nSPS) is 12.4. The molecule has 0 aliphatic carbocycles. The molecule has 0 radical (unpaired) electrons. The van der Waals surface area contributed by atoms with Crippen molar-refractivity contribution in [2.75, 3.05) is 5.33 Å². The van der Waals surface area contributed by atoms with Gasteiger partial charge in [-0.2, -0.15) is 0 Å². The Morgan fingerprint density at radius 3 is 2.75 bits per heavy atom. The maximum Gasteiger partial charge on any atom is 0.337 e. The van der Waals surface area contributed by atoms with Gasteiger partial charge in [0.05, 0.1) is 0 Å². The van der Waals surface area contributed by atoms with E-state index >= 15 is 0 Å². The Bertz CT molecular complexity index is 381. The van der Waals surface area contributed by atoms with Gasteiger partial charge in [-0.3, -0.25) is 0 Å². The number of aryl methyl sites for hydroxylation is 1. The summed E-state index contributed by atoms with van der Waals surface area (Å²) < 4.78 is 0. The molecular formula is C11H12BrClO3. The van der Waals surface area contributed by atoms with Gasteiger partial charge in [0, 0.05) is 15.9 Å². The molecule has 2 N–H and O–H groups in total. The van der Waals surface area contributed by atoms with Crippen LogP contribution >= 0.6 is 27.5 Å². The van der Waals surface area contributed by atoms with E-state index in [-0.39, 0.29) is 10.6 Å². The van der Waals surface area contributed by atoms with Gasteiger partial charge in [0.25, 0.3) is 0 Å². The average Bonchev–Trinajstić information content (AvgIpc) is 2.27. The van der Waals surface area contributed by atoms with E-state index < -0.39 is 12.1 Å². The third kappa shape index (κ3) is 3.47. The molecule has 1 aromatic rings. The topological polar surface area (TPSA) is 57.5 Å². The highest BCUT2D eigenvalue weighted by Gasteiger charge is 2.19. The van der Waals surface area contributed by atoms with Crippen molar-refractivity contribution in [3.05, 3.63) is 34.3 Å². The van der Waals surface area contributed by atoms with E-state index in [1.54, 1.807) is 12.1 Å². The maximum absolute atomic E-state index is 10.7. The number of carbonyl (C=O) groups is 1. The van der Waals surface area contributed by atoms with Crippen LogP contribution in [0.2, 0.25) is 5.02 Å². The molecule has 0 amide bonds. The number of aliphatic hydroxyl groups excluding tert-OH is 1. The Morgan fingerprint density at radius 2 is 2.19 bits per heavy atom. The lowest BCUT2D eigenvalue weighted by Gasteiger charge is -2.10. The fraction of sp³-hybridized carbons (Fsp3) is 0.364. The van der Waals surface area contributed by atoms with Crippen LogP contribution in [0.4, 0.5) is 0 Å². The molecule has 5 heteroatoms. The number of hydrogen-bond donors (Lipinski definition) is 2. The Hall–Kier alpha value is -0.580. The van der Waals surface area contributed by atoms with Crippen molar-refractivity contribution in [3.63, 3.8) is 0 Å². The van der Waals surface area contributed by atoms with Crippen molar-refractivity contribution in [1.82, 2.24) is 0 Å². The fourth-order valence-corrected chi connectivity index (χ4v) is 1.86. The lowest BCUT2D eigenvalue weighted by Crippen LogP contribution is -2.11. The van der Waals surface area contributed by atoms with Gasteiger partial charge in [-0.15, -0.1) is 0 Å². The highest BCUT2D eigenvalue weighted by Crippen LogP contribution is 2.25. The second kappa shape index (κ2) is 6.23. The molecule has 0 spiro atoms. The van der Waals surface area contributed by atoms with Crippen molar-refractivity contribution < 1.29 is 15.0 Å². The van der Waals surface area contributed by atoms with E-state index in [0.717, 1.165) is 23.7 Å². The molecule has 1 rings (SSSR count). The standard InChI is InChI=1S/C11H12BrClO3/c12-5-1-2-7-3-4-9(13)8(6-7)10(14)11(15)16/h3-4,6,10,14H,1-2,5H2,(H,15,16). The van der Waals surface area contributed by atoms with Crippen molar-refractivity contribution in [3.8, 4) is 0 Å². The van der Waals surface area contributed by atoms with E-state index in [9.17, 15) is 9.90 Å². The molecule has 0 bridgehead atoms. The van der Waals surface area contributed by atoms with Gasteiger partial charge in [-0.25, -0.2) is 4.79 Å². The van der Waals surface area contributed by atoms with Crippen LogP contribution in [0.5, 0.6) is 0 Å². The minimum absolute atomic E-state index is 0.251. The van der Waals surface area contributed by atoms with Crippen molar-refractivity contribution in [2.45, 2.75) is 18.9 Å². The Morgan fingerprint density at radius 1 is 1.50 bits per heavy atom. The number of rotatable bonds is 5. The number of carboxylic acid groups (broad SMARTS) is 1. The van der Waals surface area contributed by atoms with Gasteiger partial charge < -0.3 is 10.2 Å². The van der Waals surface area contributed by atoms with Crippen molar-refractivity contribution in [1.29, 1.82) is 0 Å². The fourth-order valence-electron chi connectivity index (χ4n) is 1.36. The molecule has 16 heavy (non-hydrogen) atoms. The number of aliphatic hydroxyl groups is 1. The summed E-state index contributed by atoms with van der Waals surface area (Å²) in [6.45, 7) is 0. The third-order valence-corrected chi connectivity index (χ3v) is 3.09. The smallest absolute Gasteiger partial charge is 0.337 e. The van der Waals surface area contributed by atoms with E-state index in [1.807, 2.05) is 6.07 Å². The van der Waals surface area contributed by atoms with Gasteiger partial charge in [0.2, 0.25) is 0 Å². The molecule has 0 saturated heterocycles. The van der Waals surface area contributed by atoms with Crippen LogP contribution < -0.4 is 0 Å². The Balaban J connectivity index is 2.94.